The lowest BCUT2D eigenvalue weighted by Gasteiger charge is -2.32. The van der Waals surface area contributed by atoms with Crippen LogP contribution >= 0.6 is 47.0 Å². The normalized spacial score (nSPS) is 13.2. The van der Waals surface area contributed by atoms with Crippen molar-refractivity contribution in [2.75, 3.05) is 52.8 Å². The molecule has 0 radical (unpaired) electrons. The number of ether oxygens (including phenoxy) is 4. The fraction of sp³-hybridized carbons (Fsp3) is 0.448. The number of esters is 4. The zero-order valence-corrected chi connectivity index (χ0v) is 54.6. The van der Waals surface area contributed by atoms with Crippen molar-refractivity contribution in [1.82, 2.24) is 5.32 Å². The van der Waals surface area contributed by atoms with Crippen molar-refractivity contribution in [2.45, 2.75) is 108 Å². The van der Waals surface area contributed by atoms with E-state index in [4.69, 9.17) is 32.2 Å². The number of hydrogen-bond acceptors (Lipinski definition) is 25. The van der Waals surface area contributed by atoms with Crippen LogP contribution in [0.1, 0.15) is 174 Å². The van der Waals surface area contributed by atoms with Crippen LogP contribution in [0.5, 0.6) is 0 Å². The summed E-state index contributed by atoms with van der Waals surface area (Å²) in [6.45, 7) is 8.64. The second-order valence-corrected chi connectivity index (χ2v) is 28.3. The summed E-state index contributed by atoms with van der Waals surface area (Å²) in [5.41, 5.74) is -6.41. The maximum atomic E-state index is 13.7. The van der Waals surface area contributed by atoms with Gasteiger partial charge in [0.2, 0.25) is 15.3 Å². The van der Waals surface area contributed by atoms with Gasteiger partial charge in [-0.05, 0) is 81.8 Å². The Labute approximate surface area is 539 Å². The third kappa shape index (κ3) is 25.9. The number of carboxylic acids is 6. The molecule has 496 valence electrons. The van der Waals surface area contributed by atoms with Gasteiger partial charge in [-0.15, -0.1) is 0 Å². The van der Waals surface area contributed by atoms with Crippen LogP contribution in [0.3, 0.4) is 0 Å². The summed E-state index contributed by atoms with van der Waals surface area (Å²) in [5, 5.41) is 53.2. The molecule has 0 aliphatic rings. The molecule has 3 rings (SSSR count). The lowest BCUT2D eigenvalue weighted by molar-refractivity contribution is -0.170. The van der Waals surface area contributed by atoms with Crippen LogP contribution in [0.15, 0.2) is 54.6 Å². The Balaban J connectivity index is 1.98. The molecule has 4 unspecified atom stereocenters. The van der Waals surface area contributed by atoms with Crippen LogP contribution in [0.2, 0.25) is 6.04 Å². The highest BCUT2D eigenvalue weighted by atomic mass is 32.2. The Morgan fingerprint density at radius 3 is 1.02 bits per heavy atom. The van der Waals surface area contributed by atoms with Gasteiger partial charge in [-0.1, -0.05) is 74.7 Å². The molecule has 33 heteroatoms. The Morgan fingerprint density at radius 1 is 0.418 bits per heavy atom. The summed E-state index contributed by atoms with van der Waals surface area (Å²) in [6, 6.07) is 8.68. The van der Waals surface area contributed by atoms with Gasteiger partial charge in [0.15, 0.2) is 0 Å². The predicted octanol–water partition coefficient (Wildman–Crippen LogP) is 8.05. The van der Waals surface area contributed by atoms with E-state index in [2.05, 4.69) is 5.32 Å². The topological polar surface area (TPSA) is 437 Å². The van der Waals surface area contributed by atoms with Gasteiger partial charge in [0.1, 0.15) is 31.8 Å². The molecule has 4 atom stereocenters. The number of carbonyl (C=O) groups excluding carboxylic acids is 8. The van der Waals surface area contributed by atoms with Gasteiger partial charge in [0, 0.05) is 70.1 Å². The molecule has 0 aliphatic carbocycles. The minimum Gasteiger partial charge on any atom is -0.478 e. The van der Waals surface area contributed by atoms with Gasteiger partial charge in [-0.25, -0.2) is 28.8 Å². The standard InChI is InChI=1S/C58H69NO27S4Si/c1-8-84-91(85-9-2,86-10-3)19-11-18-59-57(79)90-34(7)23-47(63)83-30-58(27-80-44(60)20-31(4)87-54(76)40-17-14-35(48(64)65)24-41(40)53(74)75,28-81-45(61)21-32(5)88-55(77)42-25-36(49(66)67)12-15-38(42)51(70)71)29-82-46(62)22-33(6)89-56(78)43-26-37(50(68)69)13-16-39(43)52(72)73/h12-17,24-26,31-34H,8-11,18-23,27-30H2,1-7H3,(H,59,79)(H,64,65)(H,66,67)(H,68,69)(H,70,71)(H,72,73)(H,74,75). The third-order valence-corrected chi connectivity index (χ3v) is 19.5. The monoisotopic (exact) mass is 1370 g/mol. The minimum atomic E-state index is -3.02. The van der Waals surface area contributed by atoms with Crippen LogP contribution in [0.25, 0.3) is 0 Å². The molecule has 0 fully saturated rings. The summed E-state index contributed by atoms with van der Waals surface area (Å²) in [4.78, 5) is 179. The fourth-order valence-corrected chi connectivity index (χ4v) is 14.1. The molecule has 1 amide bonds. The van der Waals surface area contributed by atoms with Crippen molar-refractivity contribution < 1.29 is 130 Å². The number of carboxylic acid groups (broad SMARTS) is 6. The average molecular weight is 1370 g/mol. The molecule has 3 aromatic rings. The molecule has 91 heavy (non-hydrogen) atoms. The smallest absolute Gasteiger partial charge is 0.478 e. The molecule has 0 spiro atoms. The second kappa shape index (κ2) is 37.6. The van der Waals surface area contributed by atoms with Gasteiger partial charge in [0.25, 0.3) is 5.24 Å². The molecule has 3 aromatic carbocycles. The maximum absolute atomic E-state index is 13.7. The predicted molar refractivity (Wildman–Crippen MR) is 330 cm³/mol. The molecular formula is C58H69NO27S4Si. The summed E-state index contributed by atoms with van der Waals surface area (Å²) in [5.74, 6) is -13.4. The van der Waals surface area contributed by atoms with Crippen molar-refractivity contribution in [1.29, 1.82) is 0 Å². The quantitative estimate of drug-likeness (QED) is 0.0123. The number of hydrogen-bond donors (Lipinski definition) is 7. The molecule has 0 saturated carbocycles. The minimum absolute atomic E-state index is 0.186. The van der Waals surface area contributed by atoms with E-state index in [0.29, 0.717) is 67.6 Å². The molecule has 0 aliphatic heterocycles. The maximum Gasteiger partial charge on any atom is 0.500 e. The van der Waals surface area contributed by atoms with Gasteiger partial charge in [-0.3, -0.25) is 38.4 Å². The van der Waals surface area contributed by atoms with Crippen molar-refractivity contribution in [3.63, 3.8) is 0 Å². The van der Waals surface area contributed by atoms with E-state index in [-0.39, 0.29) is 6.54 Å². The highest BCUT2D eigenvalue weighted by molar-refractivity contribution is 8.15. The number of amides is 1. The van der Waals surface area contributed by atoms with E-state index in [1.165, 1.54) is 27.7 Å². The van der Waals surface area contributed by atoms with Crippen LogP contribution in [0.4, 0.5) is 4.79 Å². The van der Waals surface area contributed by atoms with Gasteiger partial charge < -0.3 is 68.2 Å². The first kappa shape index (κ1) is 77.6. The number of aromatic carboxylic acids is 6. The second-order valence-electron chi connectivity index (χ2n) is 19.9. The molecule has 0 heterocycles. The Morgan fingerprint density at radius 2 is 0.714 bits per heavy atom. The Kier molecular flexibility index (Phi) is 32.1. The number of rotatable bonds is 39. The lowest BCUT2D eigenvalue weighted by Crippen LogP contribution is -2.46. The van der Waals surface area contributed by atoms with Crippen molar-refractivity contribution in [3.05, 3.63) is 105 Å². The molecule has 0 bridgehead atoms. The van der Waals surface area contributed by atoms with Crippen molar-refractivity contribution >= 4 is 136 Å². The first-order chi connectivity index (χ1) is 42.8. The summed E-state index contributed by atoms with van der Waals surface area (Å²) < 4.78 is 40.2. The number of benzene rings is 3. The number of nitrogens with one attached hydrogen (secondary N) is 1. The molecule has 0 saturated heterocycles. The van der Waals surface area contributed by atoms with Crippen LogP contribution < -0.4 is 5.32 Å². The van der Waals surface area contributed by atoms with Crippen molar-refractivity contribution in [3.8, 4) is 0 Å². The third-order valence-electron chi connectivity index (χ3n) is 12.4. The summed E-state index contributed by atoms with van der Waals surface area (Å²) >= 11 is 2.12. The Hall–Kier alpha value is -7.66. The lowest BCUT2D eigenvalue weighted by atomic mass is 9.92. The summed E-state index contributed by atoms with van der Waals surface area (Å²) in [7, 11) is -3.02. The molecular weight excluding hydrogens is 1300 g/mol. The molecule has 28 nitrogen and oxygen atoms in total. The zero-order chi connectivity index (χ0) is 68.3. The van der Waals surface area contributed by atoms with E-state index in [9.17, 15) is 97.8 Å². The fourth-order valence-electron chi connectivity index (χ4n) is 8.08. The number of thioether (sulfide) groups is 4. The van der Waals surface area contributed by atoms with Crippen LogP contribution in [0, 0.1) is 5.41 Å². The van der Waals surface area contributed by atoms with E-state index >= 15 is 0 Å². The van der Waals surface area contributed by atoms with Crippen molar-refractivity contribution in [2.24, 2.45) is 5.41 Å². The molecule has 0 aromatic heterocycles. The first-order valence-electron chi connectivity index (χ1n) is 27.7. The highest BCUT2D eigenvalue weighted by Gasteiger charge is 2.41. The average Bonchev–Trinajstić information content (AvgIpc) is 2.85. The van der Waals surface area contributed by atoms with Gasteiger partial charge in [-0.2, -0.15) is 0 Å². The SMILES string of the molecule is CCO[Si](CCCNC(=O)SC(C)CC(=O)OCC(COC(=O)CC(C)SC(=O)c1ccc(C(=O)O)cc1C(=O)O)(COC(=O)CC(C)SC(=O)c1cc(C(=O)O)ccc1C(=O)O)COC(=O)CC(C)SC(=O)c1cc(C(=O)O)ccc1C(=O)O)(OCC)OCC. The first-order valence-corrected chi connectivity index (χ1v) is 33.2. The number of carbonyl (C=O) groups is 14. The van der Waals surface area contributed by atoms with E-state index in [1.807, 2.05) is 0 Å². The highest BCUT2D eigenvalue weighted by Crippen LogP contribution is 2.30. The van der Waals surface area contributed by atoms with Crippen LogP contribution in [-0.2, 0) is 51.4 Å². The van der Waals surface area contributed by atoms with E-state index in [1.54, 1.807) is 20.8 Å². The largest absolute Gasteiger partial charge is 0.500 e. The van der Waals surface area contributed by atoms with Gasteiger partial charge in [0.05, 0.1) is 59.1 Å². The van der Waals surface area contributed by atoms with Crippen LogP contribution in [-0.4, -0.2) is 194 Å². The summed E-state index contributed by atoms with van der Waals surface area (Å²) in [6.07, 6.45) is -1.87. The molecule has 7 N–H and O–H groups in total. The Bertz CT molecular complexity index is 3080. The van der Waals surface area contributed by atoms with Gasteiger partial charge >= 0.3 is 68.5 Å². The van der Waals surface area contributed by atoms with E-state index < -0.39 is 218 Å². The van der Waals surface area contributed by atoms with E-state index in [0.717, 1.165) is 66.4 Å². The zero-order valence-electron chi connectivity index (χ0n) is 50.3.